The van der Waals surface area contributed by atoms with Crippen molar-refractivity contribution in [1.82, 2.24) is 14.9 Å². The Morgan fingerprint density at radius 3 is 2.40 bits per heavy atom. The van der Waals surface area contributed by atoms with E-state index in [-0.39, 0.29) is 12.5 Å². The first kappa shape index (κ1) is 21.6. The Balaban J connectivity index is 1.80. The van der Waals surface area contributed by atoms with Crippen molar-refractivity contribution in [3.63, 3.8) is 0 Å². The molecule has 3 rings (SSSR count). The van der Waals surface area contributed by atoms with Crippen molar-refractivity contribution in [2.75, 3.05) is 10.6 Å². The van der Waals surface area contributed by atoms with E-state index in [9.17, 15) is 13.2 Å². The number of carbonyl (C=O) groups excluding carboxylic acids is 1. The summed E-state index contributed by atoms with van der Waals surface area (Å²) >= 11 is 0. The minimum Gasteiger partial charge on any atom is -0.350 e. The molecule has 7 nitrogen and oxygen atoms in total. The van der Waals surface area contributed by atoms with Gasteiger partial charge in [-0.3, -0.25) is 9.10 Å². The molecule has 0 aliphatic rings. The van der Waals surface area contributed by atoms with Crippen LogP contribution in [0, 0.1) is 13.8 Å². The third kappa shape index (κ3) is 4.71. The number of carbonyl (C=O) groups is 1. The second-order valence-corrected chi connectivity index (χ2v) is 9.12. The molecule has 0 aliphatic carbocycles. The van der Waals surface area contributed by atoms with Crippen molar-refractivity contribution in [1.29, 1.82) is 0 Å². The van der Waals surface area contributed by atoms with E-state index in [4.69, 9.17) is 0 Å². The van der Waals surface area contributed by atoms with E-state index >= 15 is 0 Å². The summed E-state index contributed by atoms with van der Waals surface area (Å²) in [6.45, 7) is 5.68. The first-order valence-electron chi connectivity index (χ1n) is 9.60. The lowest BCUT2D eigenvalue weighted by Gasteiger charge is -2.28. The summed E-state index contributed by atoms with van der Waals surface area (Å²) in [4.78, 5) is 17.1. The number of amides is 1. The molecule has 2 aromatic carbocycles. The summed E-state index contributed by atoms with van der Waals surface area (Å²) in [7, 11) is -3.65. The fraction of sp³-hybridized carbons (Fsp3) is 0.273. The Morgan fingerprint density at radius 1 is 1.13 bits per heavy atom. The fourth-order valence-electron chi connectivity index (χ4n) is 3.36. The van der Waals surface area contributed by atoms with Crippen LogP contribution in [-0.4, -0.2) is 36.2 Å². The monoisotopic (exact) mass is 426 g/mol. The summed E-state index contributed by atoms with van der Waals surface area (Å²) < 4.78 is 27.9. The number of imidazole rings is 1. The highest BCUT2D eigenvalue weighted by atomic mass is 32.2. The van der Waals surface area contributed by atoms with Crippen LogP contribution in [0.1, 0.15) is 23.9 Å². The summed E-state index contributed by atoms with van der Waals surface area (Å²) in [5, 5.41) is 2.88. The molecular formula is C22H26N4O3S. The van der Waals surface area contributed by atoms with E-state index in [1.807, 2.05) is 61.0 Å². The van der Waals surface area contributed by atoms with Crippen molar-refractivity contribution < 1.29 is 13.2 Å². The maximum absolute atomic E-state index is 12.9. The first-order valence-corrected chi connectivity index (χ1v) is 11.5. The highest BCUT2D eigenvalue weighted by Gasteiger charge is 2.29. The van der Waals surface area contributed by atoms with E-state index < -0.39 is 16.1 Å². The van der Waals surface area contributed by atoms with Crippen molar-refractivity contribution in [2.45, 2.75) is 33.4 Å². The molecule has 0 aliphatic heterocycles. The normalized spacial score (nSPS) is 12.4. The number of sulfonamides is 1. The number of benzene rings is 2. The van der Waals surface area contributed by atoms with E-state index in [0.29, 0.717) is 5.69 Å². The average Bonchev–Trinajstić information content (AvgIpc) is 3.12. The Hall–Kier alpha value is -3.13. The molecule has 0 fully saturated rings. The van der Waals surface area contributed by atoms with Gasteiger partial charge in [0, 0.05) is 18.9 Å². The van der Waals surface area contributed by atoms with Crippen LogP contribution in [0.2, 0.25) is 0 Å². The van der Waals surface area contributed by atoms with Crippen LogP contribution in [0.15, 0.2) is 60.9 Å². The number of hydrogen-bond acceptors (Lipinski definition) is 4. The lowest BCUT2D eigenvalue weighted by Crippen LogP contribution is -2.47. The SMILES string of the molecule is Cc1ccc(N([C@@H](C)C(=O)NCc2ccccc2-n2ccnc2C)S(C)(=O)=O)cc1. The molecule has 0 radical (unpaired) electrons. The second kappa shape index (κ2) is 8.71. The number of nitrogens with one attached hydrogen (secondary N) is 1. The van der Waals surface area contributed by atoms with Gasteiger partial charge in [0.25, 0.3) is 0 Å². The zero-order chi connectivity index (χ0) is 21.9. The predicted molar refractivity (Wildman–Crippen MR) is 118 cm³/mol. The van der Waals surface area contributed by atoms with E-state index in [1.54, 1.807) is 25.3 Å². The molecule has 158 valence electrons. The third-order valence-corrected chi connectivity index (χ3v) is 6.15. The van der Waals surface area contributed by atoms with Crippen molar-refractivity contribution in [3.8, 4) is 5.69 Å². The third-order valence-electron chi connectivity index (χ3n) is 4.91. The van der Waals surface area contributed by atoms with E-state index in [2.05, 4.69) is 10.3 Å². The molecule has 0 saturated heterocycles. The van der Waals surface area contributed by atoms with Gasteiger partial charge in [0.05, 0.1) is 17.6 Å². The summed E-state index contributed by atoms with van der Waals surface area (Å²) in [5.41, 5.74) is 3.29. The van der Waals surface area contributed by atoms with Gasteiger partial charge in [-0.2, -0.15) is 0 Å². The molecular weight excluding hydrogens is 400 g/mol. The van der Waals surface area contributed by atoms with Gasteiger partial charge in [0.2, 0.25) is 15.9 Å². The number of rotatable bonds is 7. The summed E-state index contributed by atoms with van der Waals surface area (Å²) in [5.74, 6) is 0.461. The van der Waals surface area contributed by atoms with Crippen LogP contribution < -0.4 is 9.62 Å². The largest absolute Gasteiger partial charge is 0.350 e. The van der Waals surface area contributed by atoms with Crippen LogP contribution in [0.5, 0.6) is 0 Å². The van der Waals surface area contributed by atoms with E-state index in [0.717, 1.165) is 33.2 Å². The van der Waals surface area contributed by atoms with Gasteiger partial charge >= 0.3 is 0 Å². The number of para-hydroxylation sites is 1. The van der Waals surface area contributed by atoms with Crippen molar-refractivity contribution in [3.05, 3.63) is 77.9 Å². The predicted octanol–water partition coefficient (Wildman–Crippen LogP) is 2.96. The minimum absolute atomic E-state index is 0.266. The molecule has 1 N–H and O–H groups in total. The molecule has 0 saturated carbocycles. The van der Waals surface area contributed by atoms with Gasteiger partial charge in [-0.1, -0.05) is 35.9 Å². The highest BCUT2D eigenvalue weighted by molar-refractivity contribution is 7.92. The van der Waals surface area contributed by atoms with Gasteiger partial charge in [0.1, 0.15) is 11.9 Å². The molecule has 3 aromatic rings. The number of anilines is 1. The summed E-state index contributed by atoms with van der Waals surface area (Å²) in [6.07, 6.45) is 4.69. The number of aromatic nitrogens is 2. The van der Waals surface area contributed by atoms with Crippen LogP contribution in [0.25, 0.3) is 5.69 Å². The smallest absolute Gasteiger partial charge is 0.243 e. The zero-order valence-electron chi connectivity index (χ0n) is 17.5. The number of hydrogen-bond donors (Lipinski definition) is 1. The van der Waals surface area contributed by atoms with Gasteiger partial charge in [-0.25, -0.2) is 13.4 Å². The van der Waals surface area contributed by atoms with E-state index in [1.165, 1.54) is 0 Å². The fourth-order valence-corrected chi connectivity index (χ4v) is 4.53. The molecule has 1 heterocycles. The van der Waals surface area contributed by atoms with Crippen molar-refractivity contribution in [2.24, 2.45) is 0 Å². The standard InChI is InChI=1S/C22H26N4O3S/c1-16-9-11-20(12-10-16)26(30(4,28)29)17(2)22(27)24-15-19-7-5-6-8-21(19)25-14-13-23-18(25)3/h5-14,17H,15H2,1-4H3,(H,24,27)/t17-/m0/s1. The summed E-state index contributed by atoms with van der Waals surface area (Å²) in [6, 6.07) is 13.9. The maximum atomic E-state index is 12.9. The number of nitrogens with zero attached hydrogens (tertiary/aromatic N) is 3. The molecule has 0 bridgehead atoms. The Kier molecular flexibility index (Phi) is 6.26. The lowest BCUT2D eigenvalue weighted by atomic mass is 10.1. The highest BCUT2D eigenvalue weighted by Crippen LogP contribution is 2.22. The zero-order valence-corrected chi connectivity index (χ0v) is 18.3. The molecule has 0 unspecified atom stereocenters. The Morgan fingerprint density at radius 2 is 1.80 bits per heavy atom. The quantitative estimate of drug-likeness (QED) is 0.630. The average molecular weight is 427 g/mol. The van der Waals surface area contributed by atoms with Gasteiger partial charge < -0.3 is 9.88 Å². The molecule has 1 atom stereocenters. The molecule has 1 aromatic heterocycles. The lowest BCUT2D eigenvalue weighted by molar-refractivity contribution is -0.122. The molecule has 8 heteroatoms. The molecule has 30 heavy (non-hydrogen) atoms. The Bertz CT molecular complexity index is 1140. The van der Waals surface area contributed by atoms with Crippen LogP contribution >= 0.6 is 0 Å². The molecule has 1 amide bonds. The van der Waals surface area contributed by atoms with Gasteiger partial charge in [-0.15, -0.1) is 0 Å². The first-order chi connectivity index (χ1) is 14.2. The molecule has 0 spiro atoms. The Labute approximate surface area is 177 Å². The van der Waals surface area contributed by atoms with Crippen LogP contribution in [0.4, 0.5) is 5.69 Å². The van der Waals surface area contributed by atoms with Crippen LogP contribution in [-0.2, 0) is 21.4 Å². The van der Waals surface area contributed by atoms with Gasteiger partial charge in [0.15, 0.2) is 0 Å². The maximum Gasteiger partial charge on any atom is 0.243 e. The topological polar surface area (TPSA) is 84.3 Å². The van der Waals surface area contributed by atoms with Crippen molar-refractivity contribution >= 4 is 21.6 Å². The number of aryl methyl sites for hydroxylation is 2. The van der Waals surface area contributed by atoms with Crippen LogP contribution in [0.3, 0.4) is 0 Å². The van der Waals surface area contributed by atoms with Gasteiger partial charge in [-0.05, 0) is 44.5 Å². The minimum atomic E-state index is -3.65. The second-order valence-electron chi connectivity index (χ2n) is 7.26.